The lowest BCUT2D eigenvalue weighted by Crippen LogP contribution is -2.05. The Morgan fingerprint density at radius 3 is 1.80 bits per heavy atom. The molecule has 2 aromatic carbocycles. The van der Waals surface area contributed by atoms with Crippen LogP contribution >= 0.6 is 0 Å². The van der Waals surface area contributed by atoms with Crippen LogP contribution in [0.1, 0.15) is 5.56 Å². The molecule has 25 heavy (non-hydrogen) atoms. The number of nitrogens with one attached hydrogen (secondary N) is 2. The molecule has 0 aliphatic rings. The van der Waals surface area contributed by atoms with Gasteiger partial charge in [0.25, 0.3) is 0 Å². The van der Waals surface area contributed by atoms with Gasteiger partial charge >= 0.3 is 6.18 Å². The maximum atomic E-state index is 12.6. The molecular formula is C17H14F3N5. The third kappa shape index (κ3) is 4.37. The summed E-state index contributed by atoms with van der Waals surface area (Å²) in [6.07, 6.45) is -4.37. The van der Waals surface area contributed by atoms with Gasteiger partial charge in [0.15, 0.2) is 0 Å². The molecule has 1 aromatic heterocycles. The molecule has 0 fully saturated rings. The number of nitrogens with two attached hydrogens (primary N) is 1. The van der Waals surface area contributed by atoms with Crippen molar-refractivity contribution < 1.29 is 13.2 Å². The third-order valence-electron chi connectivity index (χ3n) is 3.27. The Morgan fingerprint density at radius 2 is 1.28 bits per heavy atom. The Bertz CT molecular complexity index is 848. The first kappa shape index (κ1) is 16.6. The van der Waals surface area contributed by atoms with Crippen molar-refractivity contribution in [2.24, 2.45) is 0 Å². The van der Waals surface area contributed by atoms with Crippen molar-refractivity contribution in [1.29, 1.82) is 0 Å². The Labute approximate surface area is 141 Å². The number of nitrogens with zero attached hydrogens (tertiary/aromatic N) is 2. The lowest BCUT2D eigenvalue weighted by atomic mass is 10.2. The van der Waals surface area contributed by atoms with Gasteiger partial charge in [0.2, 0.25) is 5.95 Å². The molecule has 0 aliphatic carbocycles. The Morgan fingerprint density at radius 1 is 0.760 bits per heavy atom. The average molecular weight is 345 g/mol. The molecule has 5 nitrogen and oxygen atoms in total. The van der Waals surface area contributed by atoms with Gasteiger partial charge in [0.1, 0.15) is 11.6 Å². The fourth-order valence-corrected chi connectivity index (χ4v) is 2.15. The summed E-state index contributed by atoms with van der Waals surface area (Å²) in [5, 5.41) is 5.99. The number of hydrogen-bond acceptors (Lipinski definition) is 5. The summed E-state index contributed by atoms with van der Waals surface area (Å²) in [5.74, 6) is 0.870. The first-order valence-corrected chi connectivity index (χ1v) is 7.31. The van der Waals surface area contributed by atoms with Crippen molar-refractivity contribution in [3.63, 3.8) is 0 Å². The number of nitrogen functional groups attached to an aromatic ring is 1. The molecule has 0 unspecified atom stereocenters. The van der Waals surface area contributed by atoms with E-state index in [1.807, 2.05) is 30.3 Å². The number of rotatable bonds is 4. The molecule has 0 saturated carbocycles. The first-order valence-electron chi connectivity index (χ1n) is 7.31. The van der Waals surface area contributed by atoms with Gasteiger partial charge in [0, 0.05) is 17.4 Å². The monoisotopic (exact) mass is 345 g/mol. The minimum absolute atomic E-state index is 0.0374. The van der Waals surface area contributed by atoms with Crippen LogP contribution < -0.4 is 16.4 Å². The van der Waals surface area contributed by atoms with Gasteiger partial charge < -0.3 is 16.4 Å². The van der Waals surface area contributed by atoms with Crippen LogP contribution in [0.3, 0.4) is 0 Å². The van der Waals surface area contributed by atoms with Gasteiger partial charge in [0.05, 0.1) is 5.56 Å². The number of alkyl halides is 3. The number of benzene rings is 2. The molecule has 0 atom stereocenters. The van der Waals surface area contributed by atoms with Gasteiger partial charge in [-0.25, -0.2) is 0 Å². The second-order valence-electron chi connectivity index (χ2n) is 5.19. The number of para-hydroxylation sites is 1. The van der Waals surface area contributed by atoms with E-state index in [0.717, 1.165) is 17.8 Å². The molecule has 128 valence electrons. The van der Waals surface area contributed by atoms with E-state index in [9.17, 15) is 13.2 Å². The van der Waals surface area contributed by atoms with E-state index in [0.29, 0.717) is 17.3 Å². The molecule has 8 heteroatoms. The Kier molecular flexibility index (Phi) is 4.42. The molecule has 0 aliphatic heterocycles. The van der Waals surface area contributed by atoms with E-state index >= 15 is 0 Å². The maximum Gasteiger partial charge on any atom is 0.416 e. The molecule has 3 rings (SSSR count). The van der Waals surface area contributed by atoms with Crippen LogP contribution in [0, 0.1) is 0 Å². The van der Waals surface area contributed by atoms with Gasteiger partial charge in [-0.1, -0.05) is 18.2 Å². The fraction of sp³-hybridized carbons (Fsp3) is 0.0588. The highest BCUT2D eigenvalue weighted by atomic mass is 19.4. The largest absolute Gasteiger partial charge is 0.416 e. The number of hydrogen-bond donors (Lipinski definition) is 3. The van der Waals surface area contributed by atoms with Crippen LogP contribution in [-0.4, -0.2) is 9.97 Å². The summed E-state index contributed by atoms with van der Waals surface area (Å²) >= 11 is 0. The third-order valence-corrected chi connectivity index (χ3v) is 3.27. The summed E-state index contributed by atoms with van der Waals surface area (Å²) in [6.45, 7) is 0. The molecular weight excluding hydrogens is 331 g/mol. The topological polar surface area (TPSA) is 75.9 Å². The van der Waals surface area contributed by atoms with Gasteiger partial charge in [-0.05, 0) is 36.4 Å². The zero-order valence-corrected chi connectivity index (χ0v) is 12.9. The lowest BCUT2D eigenvalue weighted by Gasteiger charge is -2.11. The average Bonchev–Trinajstić information content (AvgIpc) is 2.55. The van der Waals surface area contributed by atoms with Crippen molar-refractivity contribution >= 4 is 29.0 Å². The minimum Gasteiger partial charge on any atom is -0.368 e. The van der Waals surface area contributed by atoms with Crippen LogP contribution in [0.5, 0.6) is 0 Å². The van der Waals surface area contributed by atoms with E-state index in [4.69, 9.17) is 5.73 Å². The molecule has 3 aromatic rings. The molecule has 0 amide bonds. The summed E-state index contributed by atoms with van der Waals surface area (Å²) in [5.41, 5.74) is 6.26. The van der Waals surface area contributed by atoms with E-state index < -0.39 is 11.7 Å². The van der Waals surface area contributed by atoms with Crippen molar-refractivity contribution in [3.8, 4) is 0 Å². The second kappa shape index (κ2) is 6.68. The van der Waals surface area contributed by atoms with Gasteiger partial charge in [-0.3, -0.25) is 0 Å². The van der Waals surface area contributed by atoms with Crippen LogP contribution in [0.2, 0.25) is 0 Å². The lowest BCUT2D eigenvalue weighted by molar-refractivity contribution is -0.137. The van der Waals surface area contributed by atoms with Crippen LogP contribution in [-0.2, 0) is 6.18 Å². The highest BCUT2D eigenvalue weighted by Crippen LogP contribution is 2.30. The summed E-state index contributed by atoms with van der Waals surface area (Å²) in [4.78, 5) is 8.12. The highest BCUT2D eigenvalue weighted by molar-refractivity contribution is 5.64. The zero-order valence-electron chi connectivity index (χ0n) is 12.9. The van der Waals surface area contributed by atoms with Crippen LogP contribution in [0.15, 0.2) is 60.7 Å². The Balaban J connectivity index is 1.78. The normalized spacial score (nSPS) is 11.2. The molecule has 0 radical (unpaired) electrons. The zero-order chi connectivity index (χ0) is 17.9. The SMILES string of the molecule is Nc1nc(Nc2ccccc2)cc(Nc2ccc(C(F)(F)F)cc2)n1. The highest BCUT2D eigenvalue weighted by Gasteiger charge is 2.29. The van der Waals surface area contributed by atoms with Crippen molar-refractivity contribution in [2.75, 3.05) is 16.4 Å². The quantitative estimate of drug-likeness (QED) is 0.646. The summed E-state index contributed by atoms with van der Waals surface area (Å²) < 4.78 is 37.8. The minimum atomic E-state index is -4.37. The predicted molar refractivity (Wildman–Crippen MR) is 90.9 cm³/mol. The van der Waals surface area contributed by atoms with E-state index in [2.05, 4.69) is 20.6 Å². The molecule has 1 heterocycles. The number of aromatic nitrogens is 2. The molecule has 0 saturated heterocycles. The van der Waals surface area contributed by atoms with E-state index in [1.165, 1.54) is 12.1 Å². The van der Waals surface area contributed by atoms with Crippen molar-refractivity contribution in [3.05, 3.63) is 66.2 Å². The van der Waals surface area contributed by atoms with Crippen molar-refractivity contribution in [2.45, 2.75) is 6.18 Å². The molecule has 0 spiro atoms. The first-order chi connectivity index (χ1) is 11.9. The van der Waals surface area contributed by atoms with Crippen molar-refractivity contribution in [1.82, 2.24) is 9.97 Å². The smallest absolute Gasteiger partial charge is 0.368 e. The number of anilines is 5. The Hall–Kier alpha value is -3.29. The fourth-order valence-electron chi connectivity index (χ4n) is 2.15. The van der Waals surface area contributed by atoms with E-state index in [1.54, 1.807) is 6.07 Å². The molecule has 4 N–H and O–H groups in total. The second-order valence-corrected chi connectivity index (χ2v) is 5.19. The summed E-state index contributed by atoms with van der Waals surface area (Å²) in [6, 6.07) is 15.6. The standard InChI is InChI=1S/C17H14F3N5/c18-17(19,20)11-6-8-13(9-7-11)23-15-10-14(24-16(21)25-15)22-12-4-2-1-3-5-12/h1-10H,(H4,21,22,23,24,25). The van der Waals surface area contributed by atoms with Gasteiger partial charge in [-0.2, -0.15) is 23.1 Å². The predicted octanol–water partition coefficient (Wildman–Crippen LogP) is 4.56. The number of halogens is 3. The van der Waals surface area contributed by atoms with E-state index in [-0.39, 0.29) is 5.95 Å². The van der Waals surface area contributed by atoms with Crippen LogP contribution in [0.25, 0.3) is 0 Å². The van der Waals surface area contributed by atoms with Gasteiger partial charge in [-0.15, -0.1) is 0 Å². The van der Waals surface area contributed by atoms with Crippen LogP contribution in [0.4, 0.5) is 42.1 Å². The summed E-state index contributed by atoms with van der Waals surface area (Å²) in [7, 11) is 0. The maximum absolute atomic E-state index is 12.6. The molecule has 0 bridgehead atoms.